The summed E-state index contributed by atoms with van der Waals surface area (Å²) in [5.74, 6) is -0.576. The van der Waals surface area contributed by atoms with Crippen molar-refractivity contribution in [1.29, 1.82) is 0 Å². The van der Waals surface area contributed by atoms with E-state index < -0.39 is 5.79 Å². The second-order valence-corrected chi connectivity index (χ2v) is 7.59. The molecule has 4 aliphatic rings. The number of hydroxylamine groups is 2. The summed E-state index contributed by atoms with van der Waals surface area (Å²) < 4.78 is 18.3. The molecule has 4 fully saturated rings. The van der Waals surface area contributed by atoms with Gasteiger partial charge >= 0.3 is 0 Å². The Kier molecular flexibility index (Phi) is 3.49. The van der Waals surface area contributed by atoms with E-state index >= 15 is 0 Å². The Labute approximate surface area is 142 Å². The van der Waals surface area contributed by atoms with Crippen LogP contribution in [-0.4, -0.2) is 54.1 Å². The fraction of sp³-hybridized carbons (Fsp3) is 0.667. The Morgan fingerprint density at radius 3 is 2.83 bits per heavy atom. The van der Waals surface area contributed by atoms with Crippen LogP contribution in [0.5, 0.6) is 0 Å². The van der Waals surface area contributed by atoms with Crippen LogP contribution in [0, 0.1) is 0 Å². The maximum Gasteiger partial charge on any atom is 0.189 e. The summed E-state index contributed by atoms with van der Waals surface area (Å²) in [4.78, 5) is 6.15. The molecule has 6 atom stereocenters. The number of fused-ring (bicyclic) bond motifs is 6. The largest absolute Gasteiger partial charge is 0.343 e. The number of rotatable bonds is 2. The zero-order valence-corrected chi connectivity index (χ0v) is 14.1. The van der Waals surface area contributed by atoms with Crippen molar-refractivity contribution in [2.75, 3.05) is 6.54 Å². The third-order valence-electron chi connectivity index (χ3n) is 5.39. The molecule has 0 aliphatic carbocycles. The lowest BCUT2D eigenvalue weighted by Gasteiger charge is -2.33. The predicted molar refractivity (Wildman–Crippen MR) is 85.8 cm³/mol. The predicted octanol–water partition coefficient (Wildman–Crippen LogP) is 1.41. The molecule has 4 aliphatic heterocycles. The Morgan fingerprint density at radius 1 is 1.17 bits per heavy atom. The molecule has 4 saturated heterocycles. The van der Waals surface area contributed by atoms with Crippen LogP contribution in [0.2, 0.25) is 0 Å². The average molecular weight is 332 g/mol. The highest BCUT2D eigenvalue weighted by Gasteiger charge is 2.59. The number of nitrogens with zero attached hydrogens (tertiary/aromatic N) is 1. The first-order chi connectivity index (χ1) is 11.6. The van der Waals surface area contributed by atoms with Crippen molar-refractivity contribution in [2.24, 2.45) is 0 Å². The van der Waals surface area contributed by atoms with Crippen LogP contribution in [0.4, 0.5) is 0 Å². The first kappa shape index (κ1) is 15.3. The molecule has 24 heavy (non-hydrogen) atoms. The van der Waals surface area contributed by atoms with Crippen LogP contribution < -0.4 is 5.32 Å². The van der Waals surface area contributed by atoms with E-state index in [1.807, 2.05) is 19.9 Å². The van der Waals surface area contributed by atoms with Crippen LogP contribution in [0.1, 0.15) is 25.8 Å². The van der Waals surface area contributed by atoms with Gasteiger partial charge in [0.25, 0.3) is 0 Å². The van der Waals surface area contributed by atoms with Gasteiger partial charge in [-0.1, -0.05) is 30.3 Å². The maximum atomic E-state index is 6.27. The van der Waals surface area contributed by atoms with Crippen LogP contribution in [0.15, 0.2) is 30.3 Å². The van der Waals surface area contributed by atoms with Gasteiger partial charge in [-0.05, 0) is 25.8 Å². The number of nitrogens with one attached hydrogen (secondary N) is 1. The molecule has 0 amide bonds. The summed E-state index contributed by atoms with van der Waals surface area (Å²) in [6, 6.07) is 10.8. The lowest BCUT2D eigenvalue weighted by molar-refractivity contribution is -0.234. The summed E-state index contributed by atoms with van der Waals surface area (Å²) in [5, 5.41) is 5.69. The first-order valence-corrected chi connectivity index (χ1v) is 8.81. The third kappa shape index (κ3) is 2.49. The fourth-order valence-electron chi connectivity index (χ4n) is 4.40. The molecule has 1 aromatic carbocycles. The molecular weight excluding hydrogens is 308 g/mol. The Bertz CT molecular complexity index is 610. The number of hydrogen-bond donors (Lipinski definition) is 1. The van der Waals surface area contributed by atoms with Crippen molar-refractivity contribution in [3.05, 3.63) is 35.9 Å². The SMILES string of the molecule is CC1(C)O[C@H]2O[C@@H]3C4CC(CN[C@H]3[C@H]2O1)ON4Cc1ccccc1. The van der Waals surface area contributed by atoms with Crippen LogP contribution >= 0.6 is 0 Å². The van der Waals surface area contributed by atoms with E-state index in [4.69, 9.17) is 19.0 Å². The molecule has 1 N–H and O–H groups in total. The Balaban J connectivity index is 1.37. The van der Waals surface area contributed by atoms with E-state index in [0.717, 1.165) is 19.5 Å². The molecule has 2 bridgehead atoms. The average Bonchev–Trinajstić information content (AvgIpc) is 3.11. The molecule has 0 saturated carbocycles. The van der Waals surface area contributed by atoms with Gasteiger partial charge in [0.2, 0.25) is 0 Å². The maximum absolute atomic E-state index is 6.27. The van der Waals surface area contributed by atoms with E-state index in [0.29, 0.717) is 0 Å². The van der Waals surface area contributed by atoms with Gasteiger partial charge < -0.3 is 19.5 Å². The van der Waals surface area contributed by atoms with Gasteiger partial charge in [0.15, 0.2) is 12.1 Å². The topological polar surface area (TPSA) is 52.2 Å². The molecule has 0 spiro atoms. The smallest absolute Gasteiger partial charge is 0.189 e. The molecule has 6 nitrogen and oxygen atoms in total. The number of hydrogen-bond acceptors (Lipinski definition) is 6. The lowest BCUT2D eigenvalue weighted by Crippen LogP contribution is -2.53. The fourth-order valence-corrected chi connectivity index (χ4v) is 4.40. The minimum absolute atomic E-state index is 0.0207. The highest BCUT2D eigenvalue weighted by Crippen LogP contribution is 2.42. The van der Waals surface area contributed by atoms with Crippen molar-refractivity contribution < 1.29 is 19.0 Å². The number of benzene rings is 1. The van der Waals surface area contributed by atoms with Crippen molar-refractivity contribution in [3.63, 3.8) is 0 Å². The normalized spacial score (nSPS) is 43.4. The van der Waals surface area contributed by atoms with Crippen molar-refractivity contribution in [3.8, 4) is 0 Å². The van der Waals surface area contributed by atoms with Crippen molar-refractivity contribution >= 4 is 0 Å². The van der Waals surface area contributed by atoms with Gasteiger partial charge in [0, 0.05) is 13.1 Å². The Hall–Kier alpha value is -1.02. The summed E-state index contributed by atoms with van der Waals surface area (Å²) >= 11 is 0. The summed E-state index contributed by atoms with van der Waals surface area (Å²) in [5.41, 5.74) is 1.25. The molecule has 1 aromatic rings. The lowest BCUT2D eigenvalue weighted by atomic mass is 9.99. The van der Waals surface area contributed by atoms with Gasteiger partial charge in [-0.25, -0.2) is 0 Å². The van der Waals surface area contributed by atoms with E-state index in [1.54, 1.807) is 0 Å². The van der Waals surface area contributed by atoms with Crippen LogP contribution in [-0.2, 0) is 25.6 Å². The molecule has 0 aromatic heterocycles. The molecular formula is C18H24N2O4. The number of ether oxygens (including phenoxy) is 3. The van der Waals surface area contributed by atoms with Gasteiger partial charge in [0.05, 0.1) is 24.3 Å². The zero-order chi connectivity index (χ0) is 16.3. The van der Waals surface area contributed by atoms with Gasteiger partial charge in [0.1, 0.15) is 6.10 Å². The van der Waals surface area contributed by atoms with Crippen LogP contribution in [0.3, 0.4) is 0 Å². The van der Waals surface area contributed by atoms with Gasteiger partial charge in [-0.3, -0.25) is 4.84 Å². The minimum Gasteiger partial charge on any atom is -0.343 e. The Morgan fingerprint density at radius 2 is 2.00 bits per heavy atom. The van der Waals surface area contributed by atoms with Crippen LogP contribution in [0.25, 0.3) is 0 Å². The molecule has 4 heterocycles. The van der Waals surface area contributed by atoms with E-state index in [-0.39, 0.29) is 36.7 Å². The zero-order valence-electron chi connectivity index (χ0n) is 14.1. The van der Waals surface area contributed by atoms with Gasteiger partial charge in [-0.2, -0.15) is 5.06 Å². The summed E-state index contributed by atoms with van der Waals surface area (Å²) in [6.45, 7) is 5.48. The summed E-state index contributed by atoms with van der Waals surface area (Å²) in [6.07, 6.45) is 0.847. The molecule has 2 unspecified atom stereocenters. The van der Waals surface area contributed by atoms with Crippen molar-refractivity contribution in [1.82, 2.24) is 10.4 Å². The second kappa shape index (κ2) is 5.49. The molecule has 5 rings (SSSR count). The second-order valence-electron chi connectivity index (χ2n) is 7.59. The third-order valence-corrected chi connectivity index (χ3v) is 5.39. The first-order valence-electron chi connectivity index (χ1n) is 8.81. The van der Waals surface area contributed by atoms with E-state index in [1.165, 1.54) is 5.56 Å². The molecule has 0 radical (unpaired) electrons. The molecule has 130 valence electrons. The van der Waals surface area contributed by atoms with E-state index in [9.17, 15) is 0 Å². The quantitative estimate of drug-likeness (QED) is 0.884. The summed E-state index contributed by atoms with van der Waals surface area (Å²) in [7, 11) is 0. The van der Waals surface area contributed by atoms with Crippen molar-refractivity contribution in [2.45, 2.75) is 69.3 Å². The van der Waals surface area contributed by atoms with Gasteiger partial charge in [-0.15, -0.1) is 0 Å². The highest BCUT2D eigenvalue weighted by molar-refractivity contribution is 5.15. The standard InChI is InChI=1S/C18H24N2O4/c1-18(2)22-16-14-15(21-17(16)23-18)13-8-12(9-19-14)24-20(13)10-11-6-4-3-5-7-11/h3-7,12-17,19H,8-10H2,1-2H3/t12?,13?,14-,15-,16-,17-/m1/s1. The van der Waals surface area contributed by atoms with E-state index in [2.05, 4.69) is 34.6 Å². The highest BCUT2D eigenvalue weighted by atomic mass is 16.8. The minimum atomic E-state index is -0.576. The molecule has 6 heteroatoms. The monoisotopic (exact) mass is 332 g/mol.